The second-order valence-corrected chi connectivity index (χ2v) is 3.81. The Labute approximate surface area is 92.8 Å². The smallest absolute Gasteiger partial charge is 0.430 e. The number of nitrogens with zero attached hydrogens (tertiary/aromatic N) is 2. The van der Waals surface area contributed by atoms with E-state index in [2.05, 4.69) is 10.2 Å². The van der Waals surface area contributed by atoms with Crippen molar-refractivity contribution < 1.29 is 19.1 Å². The molecule has 0 aromatic carbocycles. The van der Waals surface area contributed by atoms with Crippen LogP contribution in [-0.2, 0) is 14.3 Å². The van der Waals surface area contributed by atoms with E-state index in [9.17, 15) is 9.59 Å². The molecule has 7 nitrogen and oxygen atoms in total. The first-order valence-electron chi connectivity index (χ1n) is 5.17. The van der Waals surface area contributed by atoms with E-state index in [1.165, 1.54) is 0 Å². The van der Waals surface area contributed by atoms with Crippen LogP contribution in [0.15, 0.2) is 0 Å². The van der Waals surface area contributed by atoms with E-state index >= 15 is 0 Å². The van der Waals surface area contributed by atoms with E-state index in [0.717, 1.165) is 13.1 Å². The molecule has 2 unspecified atom stereocenters. The number of nitrogens with two attached hydrogens (primary N) is 1. The average molecular weight is 228 g/mol. The fraction of sp³-hybridized carbons (Fsp3) is 0.778. The summed E-state index contributed by atoms with van der Waals surface area (Å²) in [6.07, 6.45) is -1.26. The number of ether oxygens (including phenoxy) is 2. The van der Waals surface area contributed by atoms with Crippen molar-refractivity contribution in [3.05, 3.63) is 0 Å². The summed E-state index contributed by atoms with van der Waals surface area (Å²) in [7, 11) is 0. The summed E-state index contributed by atoms with van der Waals surface area (Å²) in [4.78, 5) is 24.1. The number of carbonyl (C=O) groups excluding carboxylic acids is 2. The molecule has 0 spiro atoms. The third-order valence-electron chi connectivity index (χ3n) is 2.68. The first-order valence-corrected chi connectivity index (χ1v) is 5.17. The van der Waals surface area contributed by atoms with Crippen molar-refractivity contribution in [2.45, 2.75) is 12.1 Å². The normalized spacial score (nSPS) is 30.9. The molecule has 1 radical (unpaired) electrons. The van der Waals surface area contributed by atoms with Gasteiger partial charge in [0.25, 0.3) is 0 Å². The van der Waals surface area contributed by atoms with Crippen molar-refractivity contribution in [3.63, 3.8) is 0 Å². The summed E-state index contributed by atoms with van der Waals surface area (Å²) in [5.41, 5.74) is 5.15. The number of cyclic esters (lactones) is 1. The lowest BCUT2D eigenvalue weighted by molar-refractivity contribution is -0.121. The molecule has 0 aromatic heterocycles. The van der Waals surface area contributed by atoms with E-state index in [4.69, 9.17) is 15.2 Å². The largest absolute Gasteiger partial charge is 0.441 e. The van der Waals surface area contributed by atoms with Crippen LogP contribution in [0.3, 0.4) is 0 Å². The van der Waals surface area contributed by atoms with Crippen LogP contribution in [0.1, 0.15) is 0 Å². The van der Waals surface area contributed by atoms with Gasteiger partial charge in [0.05, 0.1) is 13.2 Å². The fourth-order valence-electron chi connectivity index (χ4n) is 1.84. The van der Waals surface area contributed by atoms with Gasteiger partial charge in [0.2, 0.25) is 5.91 Å². The summed E-state index contributed by atoms with van der Waals surface area (Å²) in [5, 5.41) is 3.54. The number of hydrogen-bond donors (Lipinski definition) is 1. The van der Waals surface area contributed by atoms with Crippen LogP contribution in [-0.4, -0.2) is 61.9 Å². The number of morpholine rings is 1. The van der Waals surface area contributed by atoms with E-state index < -0.39 is 24.1 Å². The van der Waals surface area contributed by atoms with E-state index in [1.807, 2.05) is 0 Å². The molecule has 2 atom stereocenters. The molecular weight excluding hydrogens is 214 g/mol. The van der Waals surface area contributed by atoms with E-state index in [0.29, 0.717) is 19.8 Å². The van der Waals surface area contributed by atoms with Crippen LogP contribution in [0.4, 0.5) is 4.79 Å². The zero-order valence-corrected chi connectivity index (χ0v) is 8.80. The van der Waals surface area contributed by atoms with Crippen molar-refractivity contribution in [2.75, 3.05) is 32.8 Å². The quantitative estimate of drug-likeness (QED) is 0.621. The number of rotatable bonds is 3. The van der Waals surface area contributed by atoms with Crippen LogP contribution < -0.4 is 11.1 Å². The van der Waals surface area contributed by atoms with Gasteiger partial charge in [0, 0.05) is 19.6 Å². The molecule has 2 heterocycles. The molecule has 2 aliphatic rings. The monoisotopic (exact) mass is 228 g/mol. The highest BCUT2D eigenvalue weighted by atomic mass is 16.6. The van der Waals surface area contributed by atoms with Crippen LogP contribution in [0.2, 0.25) is 0 Å². The zero-order chi connectivity index (χ0) is 11.5. The number of primary amides is 1. The fourth-order valence-corrected chi connectivity index (χ4v) is 1.84. The second kappa shape index (κ2) is 4.67. The minimum atomic E-state index is -0.852. The Hall–Kier alpha value is -1.34. The van der Waals surface area contributed by atoms with Crippen molar-refractivity contribution in [1.29, 1.82) is 0 Å². The summed E-state index contributed by atoms with van der Waals surface area (Å²) in [5.74, 6) is -0.621. The number of amides is 2. The third-order valence-corrected chi connectivity index (χ3v) is 2.68. The van der Waals surface area contributed by atoms with Gasteiger partial charge < -0.3 is 15.2 Å². The molecule has 0 aliphatic carbocycles. The molecule has 7 heteroatoms. The van der Waals surface area contributed by atoms with Crippen molar-refractivity contribution in [2.24, 2.45) is 5.73 Å². The van der Waals surface area contributed by atoms with Gasteiger partial charge >= 0.3 is 6.09 Å². The molecule has 0 aromatic rings. The Morgan fingerprint density at radius 2 is 2.19 bits per heavy atom. The highest BCUT2D eigenvalue weighted by Crippen LogP contribution is 2.13. The van der Waals surface area contributed by atoms with Crippen LogP contribution in [0.25, 0.3) is 0 Å². The van der Waals surface area contributed by atoms with Gasteiger partial charge in [-0.25, -0.2) is 4.79 Å². The summed E-state index contributed by atoms with van der Waals surface area (Å²) in [6.45, 7) is 3.31. The summed E-state index contributed by atoms with van der Waals surface area (Å²) < 4.78 is 10.1. The summed E-state index contributed by atoms with van der Waals surface area (Å²) >= 11 is 0. The Kier molecular flexibility index (Phi) is 3.25. The maximum absolute atomic E-state index is 11.1. The molecule has 2 rings (SSSR count). The second-order valence-electron chi connectivity index (χ2n) is 3.81. The molecule has 2 N–H and O–H groups in total. The molecule has 16 heavy (non-hydrogen) atoms. The predicted octanol–water partition coefficient (Wildman–Crippen LogP) is -1.70. The SMILES string of the molecule is NC(=O)C1[N]C(=O)OC1CN1CCOCC1. The van der Waals surface area contributed by atoms with Gasteiger partial charge in [-0.15, -0.1) is 0 Å². The summed E-state index contributed by atoms with van der Waals surface area (Å²) in [6, 6.07) is -0.852. The van der Waals surface area contributed by atoms with Crippen molar-refractivity contribution >= 4 is 12.0 Å². The van der Waals surface area contributed by atoms with Crippen LogP contribution in [0, 0.1) is 0 Å². The Balaban J connectivity index is 1.91. The zero-order valence-electron chi connectivity index (χ0n) is 8.80. The molecule has 2 saturated heterocycles. The Morgan fingerprint density at radius 3 is 2.81 bits per heavy atom. The molecule has 0 bridgehead atoms. The van der Waals surface area contributed by atoms with Crippen LogP contribution in [0.5, 0.6) is 0 Å². The van der Waals surface area contributed by atoms with Gasteiger partial charge in [0.1, 0.15) is 6.10 Å². The molecule has 89 valence electrons. The van der Waals surface area contributed by atoms with Gasteiger partial charge in [0.15, 0.2) is 6.04 Å². The molecule has 0 saturated carbocycles. The molecule has 2 amide bonds. The maximum Gasteiger partial charge on any atom is 0.430 e. The Bertz CT molecular complexity index is 290. The number of carbonyl (C=O) groups is 2. The lowest BCUT2D eigenvalue weighted by Crippen LogP contribution is -2.48. The highest BCUT2D eigenvalue weighted by Gasteiger charge is 2.40. The first kappa shape index (κ1) is 11.2. The maximum atomic E-state index is 11.1. The lowest BCUT2D eigenvalue weighted by atomic mass is 10.1. The minimum absolute atomic E-state index is 0.478. The third kappa shape index (κ3) is 2.42. The van der Waals surface area contributed by atoms with Crippen molar-refractivity contribution in [1.82, 2.24) is 10.2 Å². The van der Waals surface area contributed by atoms with Gasteiger partial charge in [-0.1, -0.05) is 0 Å². The molecule has 2 aliphatic heterocycles. The Morgan fingerprint density at radius 1 is 1.50 bits per heavy atom. The van der Waals surface area contributed by atoms with Crippen LogP contribution >= 0.6 is 0 Å². The average Bonchev–Trinajstić information content (AvgIpc) is 2.61. The standard InChI is InChI=1S/C9H14N3O4/c10-8(13)7-6(16-9(14)11-7)5-12-1-3-15-4-2-12/h6-7H,1-5H2,(H2,10,13). The highest BCUT2D eigenvalue weighted by molar-refractivity contribution is 5.87. The van der Waals surface area contributed by atoms with Crippen molar-refractivity contribution in [3.8, 4) is 0 Å². The number of hydrogen-bond acceptors (Lipinski definition) is 5. The van der Waals surface area contributed by atoms with E-state index in [-0.39, 0.29) is 0 Å². The van der Waals surface area contributed by atoms with Gasteiger partial charge in [-0.3, -0.25) is 9.69 Å². The first-order chi connectivity index (χ1) is 7.66. The van der Waals surface area contributed by atoms with Gasteiger partial charge in [-0.2, -0.15) is 5.32 Å². The lowest BCUT2D eigenvalue weighted by Gasteiger charge is -2.28. The van der Waals surface area contributed by atoms with Gasteiger partial charge in [-0.05, 0) is 0 Å². The topological polar surface area (TPSA) is 96.0 Å². The minimum Gasteiger partial charge on any atom is -0.441 e. The van der Waals surface area contributed by atoms with E-state index in [1.54, 1.807) is 0 Å². The molecule has 2 fully saturated rings. The molecular formula is C9H14N3O4. The predicted molar refractivity (Wildman–Crippen MR) is 52.6 cm³/mol.